The highest BCUT2D eigenvalue weighted by Gasteiger charge is 2.32. The van der Waals surface area contributed by atoms with Crippen LogP contribution in [-0.2, 0) is 4.57 Å². The predicted molar refractivity (Wildman–Crippen MR) is 85.7 cm³/mol. The van der Waals surface area contributed by atoms with Crippen molar-refractivity contribution in [3.63, 3.8) is 0 Å². The topological polar surface area (TPSA) is 35.5 Å². The molecule has 2 aromatic carbocycles. The van der Waals surface area contributed by atoms with Crippen LogP contribution in [0.1, 0.15) is 0 Å². The van der Waals surface area contributed by atoms with Gasteiger partial charge in [0, 0.05) is 0 Å². The van der Waals surface area contributed by atoms with Crippen molar-refractivity contribution in [2.24, 2.45) is 0 Å². The first-order valence-corrected chi connectivity index (χ1v) is 8.82. The van der Waals surface area contributed by atoms with Crippen molar-refractivity contribution in [1.29, 1.82) is 0 Å². The first-order chi connectivity index (χ1) is 10.3. The van der Waals surface area contributed by atoms with Crippen molar-refractivity contribution in [1.82, 2.24) is 0 Å². The molecule has 3 aromatic rings. The Balaban J connectivity index is 1.94. The maximum atomic E-state index is 13.2. The van der Waals surface area contributed by atoms with Gasteiger partial charge in [0.05, 0.1) is 0 Å². The molecule has 3 rings (SSSR count). The maximum Gasteiger partial charge on any atom is 0.472 e. The fourth-order valence-corrected chi connectivity index (χ4v) is 4.44. The summed E-state index contributed by atoms with van der Waals surface area (Å²) in [5.74, 6) is 1.04. The van der Waals surface area contributed by atoms with E-state index in [1.54, 1.807) is 30.3 Å². The standard InChI is InChI=1S/C16H13O3PS/c17-20(16-12-7-13-21-16,18-14-8-3-1-4-9-14)19-15-10-5-2-6-11-15/h1-13H. The summed E-state index contributed by atoms with van der Waals surface area (Å²) in [5.41, 5.74) is 0. The number of hydrogen-bond donors (Lipinski definition) is 0. The summed E-state index contributed by atoms with van der Waals surface area (Å²) in [6.07, 6.45) is 0. The third-order valence-corrected chi connectivity index (χ3v) is 5.96. The van der Waals surface area contributed by atoms with Crippen LogP contribution in [0.25, 0.3) is 0 Å². The van der Waals surface area contributed by atoms with Crippen molar-refractivity contribution < 1.29 is 13.6 Å². The molecule has 0 bridgehead atoms. The number of thiophene rings is 1. The largest absolute Gasteiger partial charge is 0.472 e. The molecular weight excluding hydrogens is 303 g/mol. The Morgan fingerprint density at radius 2 is 1.24 bits per heavy atom. The molecule has 0 amide bonds. The molecule has 0 N–H and O–H groups in total. The zero-order chi connectivity index (χ0) is 14.5. The van der Waals surface area contributed by atoms with Gasteiger partial charge >= 0.3 is 7.60 Å². The van der Waals surface area contributed by atoms with E-state index in [0.29, 0.717) is 16.1 Å². The Morgan fingerprint density at radius 1 is 0.714 bits per heavy atom. The summed E-state index contributed by atoms with van der Waals surface area (Å²) in [5, 5.41) is 1.85. The Hall–Kier alpha value is -2.03. The van der Waals surface area contributed by atoms with Crippen molar-refractivity contribution in [2.45, 2.75) is 0 Å². The Kier molecular flexibility index (Phi) is 4.09. The lowest BCUT2D eigenvalue weighted by atomic mass is 10.3. The Labute approximate surface area is 127 Å². The van der Waals surface area contributed by atoms with Gasteiger partial charge in [0.15, 0.2) is 0 Å². The average molecular weight is 316 g/mol. The summed E-state index contributed by atoms with van der Waals surface area (Å²) in [6.45, 7) is 0. The molecule has 106 valence electrons. The van der Waals surface area contributed by atoms with Crippen LogP contribution in [0, 0.1) is 0 Å². The van der Waals surface area contributed by atoms with E-state index in [9.17, 15) is 4.57 Å². The minimum atomic E-state index is -3.45. The summed E-state index contributed by atoms with van der Waals surface area (Å²) >= 11 is 1.36. The lowest BCUT2D eigenvalue weighted by Gasteiger charge is -2.18. The second-order valence-corrected chi connectivity index (χ2v) is 7.35. The number of hydrogen-bond acceptors (Lipinski definition) is 4. The van der Waals surface area contributed by atoms with Crippen LogP contribution in [-0.4, -0.2) is 0 Å². The van der Waals surface area contributed by atoms with E-state index in [0.717, 1.165) is 0 Å². The van der Waals surface area contributed by atoms with Gasteiger partial charge < -0.3 is 9.05 Å². The van der Waals surface area contributed by atoms with Gasteiger partial charge in [-0.1, -0.05) is 42.5 Å². The highest BCUT2D eigenvalue weighted by Crippen LogP contribution is 2.48. The lowest BCUT2D eigenvalue weighted by molar-refractivity contribution is 0.400. The van der Waals surface area contributed by atoms with Crippen molar-refractivity contribution in [3.8, 4) is 11.5 Å². The van der Waals surface area contributed by atoms with Gasteiger partial charge in [-0.15, -0.1) is 11.3 Å². The molecule has 0 fully saturated rings. The Morgan fingerprint density at radius 3 is 1.67 bits per heavy atom. The van der Waals surface area contributed by atoms with Crippen LogP contribution in [0.4, 0.5) is 0 Å². The highest BCUT2D eigenvalue weighted by molar-refractivity contribution is 7.69. The van der Waals surface area contributed by atoms with E-state index in [2.05, 4.69) is 0 Å². The monoisotopic (exact) mass is 316 g/mol. The molecule has 0 radical (unpaired) electrons. The van der Waals surface area contributed by atoms with E-state index < -0.39 is 7.60 Å². The fraction of sp³-hybridized carbons (Fsp3) is 0. The zero-order valence-electron chi connectivity index (χ0n) is 11.1. The molecule has 0 spiro atoms. The van der Waals surface area contributed by atoms with Crippen LogP contribution >= 0.6 is 18.9 Å². The molecule has 0 aliphatic carbocycles. The molecule has 5 heteroatoms. The van der Waals surface area contributed by atoms with Crippen LogP contribution < -0.4 is 13.7 Å². The molecule has 0 aliphatic rings. The van der Waals surface area contributed by atoms with E-state index in [1.165, 1.54) is 11.3 Å². The minimum Gasteiger partial charge on any atom is -0.412 e. The van der Waals surface area contributed by atoms with E-state index in [-0.39, 0.29) is 0 Å². The molecular formula is C16H13O3PS. The first kappa shape index (κ1) is 13.9. The predicted octanol–water partition coefficient (Wildman–Crippen LogP) is 4.72. The van der Waals surface area contributed by atoms with Crippen molar-refractivity contribution >= 4 is 23.6 Å². The van der Waals surface area contributed by atoms with Gasteiger partial charge in [0.25, 0.3) is 0 Å². The molecule has 0 unspecified atom stereocenters. The van der Waals surface area contributed by atoms with Crippen molar-refractivity contribution in [3.05, 3.63) is 78.2 Å². The van der Waals surface area contributed by atoms with Gasteiger partial charge in [0.1, 0.15) is 16.1 Å². The number of para-hydroxylation sites is 2. The Bertz CT molecular complexity index is 681. The zero-order valence-corrected chi connectivity index (χ0v) is 12.8. The first-order valence-electron chi connectivity index (χ1n) is 6.40. The highest BCUT2D eigenvalue weighted by atomic mass is 32.1. The molecule has 0 atom stereocenters. The van der Waals surface area contributed by atoms with Crippen LogP contribution in [0.5, 0.6) is 11.5 Å². The van der Waals surface area contributed by atoms with Crippen LogP contribution in [0.3, 0.4) is 0 Å². The third-order valence-electron chi connectivity index (χ3n) is 2.71. The molecule has 1 heterocycles. The van der Waals surface area contributed by atoms with Crippen LogP contribution in [0.2, 0.25) is 0 Å². The molecule has 3 nitrogen and oxygen atoms in total. The fourth-order valence-electron chi connectivity index (χ4n) is 1.77. The third kappa shape index (κ3) is 3.35. The van der Waals surface area contributed by atoms with E-state index in [1.807, 2.05) is 47.8 Å². The molecule has 0 saturated heterocycles. The van der Waals surface area contributed by atoms with Crippen LogP contribution in [0.15, 0.2) is 78.2 Å². The van der Waals surface area contributed by atoms with Gasteiger partial charge in [-0.3, -0.25) is 0 Å². The molecule has 0 aliphatic heterocycles. The second-order valence-electron chi connectivity index (χ2n) is 4.26. The minimum absolute atomic E-state index is 0.519. The van der Waals surface area contributed by atoms with Crippen molar-refractivity contribution in [2.75, 3.05) is 0 Å². The summed E-state index contributed by atoms with van der Waals surface area (Å²) in [4.78, 5) is 0. The van der Waals surface area contributed by atoms with Gasteiger partial charge in [-0.25, -0.2) is 4.57 Å². The summed E-state index contributed by atoms with van der Waals surface area (Å²) < 4.78 is 25.1. The number of benzene rings is 2. The van der Waals surface area contributed by atoms with E-state index in [4.69, 9.17) is 9.05 Å². The molecule has 0 saturated carbocycles. The normalized spacial score (nSPS) is 11.0. The average Bonchev–Trinajstić information content (AvgIpc) is 3.04. The second kappa shape index (κ2) is 6.17. The quantitative estimate of drug-likeness (QED) is 0.639. The van der Waals surface area contributed by atoms with Gasteiger partial charge in [-0.2, -0.15) is 0 Å². The van der Waals surface area contributed by atoms with E-state index >= 15 is 0 Å². The molecule has 1 aromatic heterocycles. The maximum absolute atomic E-state index is 13.2. The number of rotatable bonds is 5. The van der Waals surface area contributed by atoms with Gasteiger partial charge in [0.2, 0.25) is 0 Å². The SMILES string of the molecule is O=P(Oc1ccccc1)(Oc1ccccc1)c1cccs1. The summed E-state index contributed by atoms with van der Waals surface area (Å²) in [6, 6.07) is 21.7. The van der Waals surface area contributed by atoms with Gasteiger partial charge in [-0.05, 0) is 35.7 Å². The smallest absolute Gasteiger partial charge is 0.412 e. The summed E-state index contributed by atoms with van der Waals surface area (Å²) in [7, 11) is -3.45. The molecule has 21 heavy (non-hydrogen) atoms. The lowest BCUT2D eigenvalue weighted by Crippen LogP contribution is -2.11.